The van der Waals surface area contributed by atoms with Crippen molar-refractivity contribution in [2.24, 2.45) is 5.92 Å². The Balaban J connectivity index is 1.68. The Labute approximate surface area is 127 Å². The summed E-state index contributed by atoms with van der Waals surface area (Å²) in [5.41, 5.74) is 1.05. The maximum Gasteiger partial charge on any atom is 0.306 e. The van der Waals surface area contributed by atoms with Crippen molar-refractivity contribution in [1.29, 1.82) is 0 Å². The van der Waals surface area contributed by atoms with E-state index in [9.17, 15) is 9.59 Å². The highest BCUT2D eigenvalue weighted by Gasteiger charge is 2.30. The van der Waals surface area contributed by atoms with E-state index >= 15 is 0 Å². The molecule has 114 valence electrons. The van der Waals surface area contributed by atoms with Crippen LogP contribution in [0, 0.1) is 5.92 Å². The molecular weight excluding hydrogens is 284 g/mol. The molecule has 2 aromatic heterocycles. The zero-order valence-electron chi connectivity index (χ0n) is 11.8. The summed E-state index contributed by atoms with van der Waals surface area (Å²) < 4.78 is 1.65. The van der Waals surface area contributed by atoms with Crippen LogP contribution in [0.15, 0.2) is 36.8 Å². The fourth-order valence-corrected chi connectivity index (χ4v) is 2.70. The van der Waals surface area contributed by atoms with Gasteiger partial charge in [0.1, 0.15) is 5.69 Å². The quantitative estimate of drug-likeness (QED) is 0.885. The predicted octanol–water partition coefficient (Wildman–Crippen LogP) is 1.25. The number of amides is 1. The first-order chi connectivity index (χ1) is 10.6. The molecule has 1 aliphatic carbocycles. The molecule has 0 aliphatic heterocycles. The molecule has 0 unspecified atom stereocenters. The third-order valence-electron chi connectivity index (χ3n) is 3.86. The molecule has 1 amide bonds. The second-order valence-corrected chi connectivity index (χ2v) is 5.37. The molecule has 7 nitrogen and oxygen atoms in total. The molecule has 0 radical (unpaired) electrons. The number of aromatic nitrogens is 3. The van der Waals surface area contributed by atoms with Gasteiger partial charge >= 0.3 is 5.97 Å². The molecule has 2 aromatic rings. The lowest BCUT2D eigenvalue weighted by molar-refractivity contribution is -0.141. The summed E-state index contributed by atoms with van der Waals surface area (Å²) in [4.78, 5) is 27.3. The van der Waals surface area contributed by atoms with E-state index in [1.54, 1.807) is 41.5 Å². The monoisotopic (exact) mass is 300 g/mol. The Hall–Kier alpha value is -2.70. The number of hydrogen-bond donors (Lipinski definition) is 2. The van der Waals surface area contributed by atoms with Crippen LogP contribution >= 0.6 is 0 Å². The lowest BCUT2D eigenvalue weighted by Crippen LogP contribution is -2.33. The second-order valence-electron chi connectivity index (χ2n) is 5.37. The van der Waals surface area contributed by atoms with Gasteiger partial charge in [-0.1, -0.05) is 0 Å². The summed E-state index contributed by atoms with van der Waals surface area (Å²) in [6.07, 6.45) is 6.75. The molecule has 7 heteroatoms. The van der Waals surface area contributed by atoms with Gasteiger partial charge in [-0.2, -0.15) is 5.10 Å². The normalized spacial score (nSPS) is 20.7. The smallest absolute Gasteiger partial charge is 0.306 e. The Kier molecular flexibility index (Phi) is 3.86. The number of nitrogens with one attached hydrogen (secondary N) is 1. The zero-order chi connectivity index (χ0) is 15.5. The van der Waals surface area contributed by atoms with Crippen LogP contribution in [-0.2, 0) is 4.79 Å². The third-order valence-corrected chi connectivity index (χ3v) is 3.86. The number of carboxylic acids is 1. The molecule has 3 rings (SSSR count). The second kappa shape index (κ2) is 5.97. The molecule has 2 N–H and O–H groups in total. The molecule has 0 aromatic carbocycles. The van der Waals surface area contributed by atoms with E-state index < -0.39 is 5.97 Å². The van der Waals surface area contributed by atoms with Crippen molar-refractivity contribution in [1.82, 2.24) is 20.1 Å². The lowest BCUT2D eigenvalue weighted by Gasteiger charge is -2.12. The molecule has 0 spiro atoms. The summed E-state index contributed by atoms with van der Waals surface area (Å²) in [7, 11) is 0. The van der Waals surface area contributed by atoms with Gasteiger partial charge < -0.3 is 10.4 Å². The van der Waals surface area contributed by atoms with Crippen molar-refractivity contribution < 1.29 is 14.7 Å². The van der Waals surface area contributed by atoms with Crippen molar-refractivity contribution in [2.75, 3.05) is 0 Å². The zero-order valence-corrected chi connectivity index (χ0v) is 11.8. The maximum atomic E-state index is 12.2. The van der Waals surface area contributed by atoms with Crippen LogP contribution in [0.4, 0.5) is 0 Å². The summed E-state index contributed by atoms with van der Waals surface area (Å²) in [5.74, 6) is -1.45. The van der Waals surface area contributed by atoms with Gasteiger partial charge in [0.2, 0.25) is 0 Å². The SMILES string of the molecule is O=C(N[C@H]1CC[C@@H](C(=O)O)C1)c1cc(-n2cccn2)ccn1. The van der Waals surface area contributed by atoms with Crippen LogP contribution < -0.4 is 5.32 Å². The maximum absolute atomic E-state index is 12.2. The molecular formula is C15H16N4O3. The fourth-order valence-electron chi connectivity index (χ4n) is 2.70. The number of carbonyl (C=O) groups excluding carboxylic acids is 1. The first-order valence-electron chi connectivity index (χ1n) is 7.13. The van der Waals surface area contributed by atoms with Gasteiger partial charge in [-0.3, -0.25) is 14.6 Å². The summed E-state index contributed by atoms with van der Waals surface area (Å²) in [6, 6.07) is 5.11. The van der Waals surface area contributed by atoms with Gasteiger partial charge in [-0.25, -0.2) is 4.68 Å². The Bertz CT molecular complexity index is 684. The van der Waals surface area contributed by atoms with Crippen LogP contribution in [0.2, 0.25) is 0 Å². The summed E-state index contributed by atoms with van der Waals surface area (Å²) in [5, 5.41) is 16.0. The van der Waals surface area contributed by atoms with Crippen molar-refractivity contribution >= 4 is 11.9 Å². The van der Waals surface area contributed by atoms with Gasteiger partial charge in [0, 0.05) is 24.6 Å². The molecule has 2 heterocycles. The number of nitrogens with zero attached hydrogens (tertiary/aromatic N) is 3. The molecule has 0 saturated heterocycles. The van der Waals surface area contributed by atoms with Gasteiger partial charge in [-0.05, 0) is 37.5 Å². The van der Waals surface area contributed by atoms with Crippen LogP contribution in [0.3, 0.4) is 0 Å². The van der Waals surface area contributed by atoms with E-state index in [0.717, 1.165) is 5.69 Å². The highest BCUT2D eigenvalue weighted by Crippen LogP contribution is 2.25. The van der Waals surface area contributed by atoms with Crippen molar-refractivity contribution in [3.63, 3.8) is 0 Å². The van der Waals surface area contributed by atoms with Crippen molar-refractivity contribution in [2.45, 2.75) is 25.3 Å². The predicted molar refractivity (Wildman–Crippen MR) is 77.6 cm³/mol. The largest absolute Gasteiger partial charge is 0.481 e. The molecule has 0 bridgehead atoms. The van der Waals surface area contributed by atoms with E-state index in [0.29, 0.717) is 25.0 Å². The minimum atomic E-state index is -0.796. The first kappa shape index (κ1) is 14.2. The summed E-state index contributed by atoms with van der Waals surface area (Å²) in [6.45, 7) is 0. The molecule has 1 fully saturated rings. The molecule has 1 saturated carbocycles. The highest BCUT2D eigenvalue weighted by molar-refractivity contribution is 5.93. The minimum Gasteiger partial charge on any atom is -0.481 e. The van der Waals surface area contributed by atoms with E-state index in [1.165, 1.54) is 0 Å². The number of hydrogen-bond acceptors (Lipinski definition) is 4. The lowest BCUT2D eigenvalue weighted by atomic mass is 10.1. The average Bonchev–Trinajstić information content (AvgIpc) is 3.19. The van der Waals surface area contributed by atoms with E-state index in [-0.39, 0.29) is 17.9 Å². The standard InChI is InChI=1S/C15H16N4O3/c20-14(18-11-3-2-10(8-11)15(21)22)13-9-12(4-6-16-13)19-7-1-5-17-19/h1,4-7,9-11H,2-3,8H2,(H,18,20)(H,21,22)/t10-,11+/m1/s1. The Morgan fingerprint density at radius 1 is 1.32 bits per heavy atom. The molecule has 22 heavy (non-hydrogen) atoms. The van der Waals surface area contributed by atoms with Crippen LogP contribution in [0.25, 0.3) is 5.69 Å². The average molecular weight is 300 g/mol. The summed E-state index contributed by atoms with van der Waals surface area (Å²) >= 11 is 0. The van der Waals surface area contributed by atoms with Gasteiger partial charge in [0.15, 0.2) is 0 Å². The van der Waals surface area contributed by atoms with Crippen LogP contribution in [0.1, 0.15) is 29.8 Å². The fraction of sp³-hybridized carbons (Fsp3) is 0.333. The number of aliphatic carboxylic acids is 1. The van der Waals surface area contributed by atoms with Gasteiger partial charge in [0.05, 0.1) is 11.6 Å². The number of rotatable bonds is 4. The number of carboxylic acid groups (broad SMARTS) is 1. The minimum absolute atomic E-state index is 0.108. The Morgan fingerprint density at radius 3 is 2.86 bits per heavy atom. The van der Waals surface area contributed by atoms with E-state index in [1.807, 2.05) is 0 Å². The number of carbonyl (C=O) groups is 2. The van der Waals surface area contributed by atoms with Crippen LogP contribution in [-0.4, -0.2) is 37.8 Å². The van der Waals surface area contributed by atoms with Crippen LogP contribution in [0.5, 0.6) is 0 Å². The van der Waals surface area contributed by atoms with Gasteiger partial charge in [0.25, 0.3) is 5.91 Å². The third kappa shape index (κ3) is 2.98. The topological polar surface area (TPSA) is 97.1 Å². The number of pyridine rings is 1. The van der Waals surface area contributed by atoms with Crippen molar-refractivity contribution in [3.8, 4) is 5.69 Å². The van der Waals surface area contributed by atoms with E-state index in [2.05, 4.69) is 15.4 Å². The van der Waals surface area contributed by atoms with E-state index in [4.69, 9.17) is 5.11 Å². The molecule has 2 atom stereocenters. The van der Waals surface area contributed by atoms with Gasteiger partial charge in [-0.15, -0.1) is 0 Å². The highest BCUT2D eigenvalue weighted by atomic mass is 16.4. The Morgan fingerprint density at radius 2 is 2.18 bits per heavy atom. The first-order valence-corrected chi connectivity index (χ1v) is 7.13. The molecule has 1 aliphatic rings. The van der Waals surface area contributed by atoms with Crippen molar-refractivity contribution in [3.05, 3.63) is 42.5 Å².